The fraction of sp³-hybridized carbons (Fsp3) is 0.667. The summed E-state index contributed by atoms with van der Waals surface area (Å²) in [6.45, 7) is 5.41. The number of rotatable bonds is 2. The smallest absolute Gasteiger partial charge is 0.123 e. The minimum atomic E-state index is 0.698. The standard InChI is InChI=1S/C9H17N5/c1-13-2-4-14(5-3-13)7-8-6-11-12-9(8)10/h6H,2-5,7H2,1H3,(H3,10,11,12). The number of likely N-dealkylation sites (N-methyl/N-ethyl adjacent to an activating group) is 1. The lowest BCUT2D eigenvalue weighted by Crippen LogP contribution is -2.43. The zero-order valence-electron chi connectivity index (χ0n) is 8.53. The number of anilines is 1. The Labute approximate surface area is 83.9 Å². The Morgan fingerprint density at radius 1 is 1.43 bits per heavy atom. The van der Waals surface area contributed by atoms with E-state index in [4.69, 9.17) is 5.73 Å². The van der Waals surface area contributed by atoms with Gasteiger partial charge in [0, 0.05) is 38.3 Å². The number of hydrogen-bond acceptors (Lipinski definition) is 4. The van der Waals surface area contributed by atoms with Crippen LogP contribution in [0.1, 0.15) is 5.56 Å². The number of aromatic nitrogens is 2. The largest absolute Gasteiger partial charge is 0.384 e. The average molecular weight is 195 g/mol. The zero-order valence-corrected chi connectivity index (χ0v) is 8.53. The molecule has 0 unspecified atom stereocenters. The van der Waals surface area contributed by atoms with Gasteiger partial charge in [-0.2, -0.15) is 5.10 Å². The van der Waals surface area contributed by atoms with Crippen LogP contribution in [0.15, 0.2) is 6.20 Å². The molecule has 2 rings (SSSR count). The number of hydrogen-bond donors (Lipinski definition) is 2. The second-order valence-electron chi connectivity index (χ2n) is 3.89. The molecule has 14 heavy (non-hydrogen) atoms. The molecule has 5 heteroatoms. The van der Waals surface area contributed by atoms with Crippen molar-refractivity contribution in [3.05, 3.63) is 11.8 Å². The first-order chi connectivity index (χ1) is 6.75. The van der Waals surface area contributed by atoms with Gasteiger partial charge in [0.15, 0.2) is 0 Å². The van der Waals surface area contributed by atoms with Crippen molar-refractivity contribution in [3.63, 3.8) is 0 Å². The van der Waals surface area contributed by atoms with Crippen LogP contribution in [0.2, 0.25) is 0 Å². The Bertz CT molecular complexity index is 287. The number of nitrogens with zero attached hydrogens (tertiary/aromatic N) is 3. The van der Waals surface area contributed by atoms with E-state index in [1.165, 1.54) is 0 Å². The van der Waals surface area contributed by atoms with Crippen molar-refractivity contribution in [2.24, 2.45) is 0 Å². The van der Waals surface area contributed by atoms with Gasteiger partial charge in [0.25, 0.3) is 0 Å². The van der Waals surface area contributed by atoms with Gasteiger partial charge in [-0.05, 0) is 7.05 Å². The maximum absolute atomic E-state index is 5.73. The number of nitrogens with one attached hydrogen (secondary N) is 1. The Hall–Kier alpha value is -1.07. The van der Waals surface area contributed by atoms with Crippen LogP contribution in [0.25, 0.3) is 0 Å². The van der Waals surface area contributed by atoms with Crippen molar-refractivity contribution >= 4 is 5.82 Å². The van der Waals surface area contributed by atoms with Crippen molar-refractivity contribution in [2.75, 3.05) is 39.0 Å². The van der Waals surface area contributed by atoms with Crippen LogP contribution in [-0.4, -0.2) is 53.2 Å². The fourth-order valence-electron chi connectivity index (χ4n) is 1.69. The topological polar surface area (TPSA) is 61.2 Å². The van der Waals surface area contributed by atoms with Gasteiger partial charge in [0.1, 0.15) is 5.82 Å². The molecule has 78 valence electrons. The summed E-state index contributed by atoms with van der Waals surface area (Å²) in [7, 11) is 2.16. The normalized spacial score (nSPS) is 20.1. The Morgan fingerprint density at radius 2 is 2.14 bits per heavy atom. The lowest BCUT2D eigenvalue weighted by molar-refractivity contribution is 0.148. The average Bonchev–Trinajstić information content (AvgIpc) is 2.56. The molecule has 0 amide bonds. The fourth-order valence-corrected chi connectivity index (χ4v) is 1.69. The molecule has 1 aliphatic rings. The lowest BCUT2D eigenvalue weighted by atomic mass is 10.2. The maximum atomic E-state index is 5.73. The van der Waals surface area contributed by atoms with Crippen molar-refractivity contribution in [1.82, 2.24) is 20.0 Å². The molecule has 5 nitrogen and oxygen atoms in total. The van der Waals surface area contributed by atoms with E-state index in [1.54, 1.807) is 0 Å². The number of nitrogen functional groups attached to an aromatic ring is 1. The predicted molar refractivity (Wildman–Crippen MR) is 55.8 cm³/mol. The molecule has 0 bridgehead atoms. The van der Waals surface area contributed by atoms with Crippen molar-refractivity contribution in [2.45, 2.75) is 6.54 Å². The van der Waals surface area contributed by atoms with Crippen LogP contribution < -0.4 is 5.73 Å². The van der Waals surface area contributed by atoms with Gasteiger partial charge in [-0.15, -0.1) is 0 Å². The number of nitrogens with two attached hydrogens (primary N) is 1. The van der Waals surface area contributed by atoms with Gasteiger partial charge in [-0.1, -0.05) is 0 Å². The summed E-state index contributed by atoms with van der Waals surface area (Å²) in [6.07, 6.45) is 1.81. The summed E-state index contributed by atoms with van der Waals surface area (Å²) in [5.41, 5.74) is 6.84. The van der Waals surface area contributed by atoms with Crippen LogP contribution in [0.4, 0.5) is 5.82 Å². The van der Waals surface area contributed by atoms with Gasteiger partial charge in [0.05, 0.1) is 6.20 Å². The summed E-state index contributed by atoms with van der Waals surface area (Å²) >= 11 is 0. The molecule has 1 saturated heterocycles. The van der Waals surface area contributed by atoms with Crippen molar-refractivity contribution in [3.8, 4) is 0 Å². The van der Waals surface area contributed by atoms with Gasteiger partial charge < -0.3 is 10.6 Å². The first-order valence-electron chi connectivity index (χ1n) is 4.94. The third-order valence-corrected chi connectivity index (χ3v) is 2.74. The molecule has 0 atom stereocenters. The van der Waals surface area contributed by atoms with Crippen LogP contribution >= 0.6 is 0 Å². The van der Waals surface area contributed by atoms with Crippen LogP contribution in [0.5, 0.6) is 0 Å². The van der Waals surface area contributed by atoms with Gasteiger partial charge in [-0.25, -0.2) is 0 Å². The molecular weight excluding hydrogens is 178 g/mol. The zero-order chi connectivity index (χ0) is 9.97. The highest BCUT2D eigenvalue weighted by atomic mass is 15.2. The van der Waals surface area contributed by atoms with E-state index in [0.717, 1.165) is 38.3 Å². The highest BCUT2D eigenvalue weighted by molar-refractivity contribution is 5.36. The molecule has 2 heterocycles. The Balaban J connectivity index is 1.89. The second kappa shape index (κ2) is 3.98. The van der Waals surface area contributed by atoms with Crippen LogP contribution in [-0.2, 0) is 6.54 Å². The second-order valence-corrected chi connectivity index (χ2v) is 3.89. The van der Waals surface area contributed by atoms with E-state index in [1.807, 2.05) is 6.20 Å². The van der Waals surface area contributed by atoms with Crippen molar-refractivity contribution < 1.29 is 0 Å². The van der Waals surface area contributed by atoms with E-state index in [-0.39, 0.29) is 0 Å². The summed E-state index contributed by atoms with van der Waals surface area (Å²) in [5.74, 6) is 0.698. The number of aromatic amines is 1. The lowest BCUT2D eigenvalue weighted by Gasteiger charge is -2.32. The quantitative estimate of drug-likeness (QED) is 0.682. The van der Waals surface area contributed by atoms with E-state index in [0.29, 0.717) is 5.82 Å². The first kappa shape index (κ1) is 9.48. The summed E-state index contributed by atoms with van der Waals surface area (Å²) < 4.78 is 0. The number of H-pyrrole nitrogens is 1. The molecule has 1 aromatic rings. The SMILES string of the molecule is CN1CCN(Cc2cn[nH]c2N)CC1. The highest BCUT2D eigenvalue weighted by Gasteiger charge is 2.15. The van der Waals surface area contributed by atoms with Crippen molar-refractivity contribution in [1.29, 1.82) is 0 Å². The summed E-state index contributed by atoms with van der Waals surface area (Å²) in [4.78, 5) is 4.75. The Kier molecular flexibility index (Phi) is 2.69. The molecule has 1 aromatic heterocycles. The third kappa shape index (κ3) is 2.05. The molecule has 0 spiro atoms. The minimum Gasteiger partial charge on any atom is -0.384 e. The van der Waals surface area contributed by atoms with Crippen LogP contribution in [0.3, 0.4) is 0 Å². The highest BCUT2D eigenvalue weighted by Crippen LogP contribution is 2.11. The molecule has 1 fully saturated rings. The molecule has 0 saturated carbocycles. The molecule has 0 radical (unpaired) electrons. The molecular formula is C9H17N5. The molecule has 0 aliphatic carbocycles. The van der Waals surface area contributed by atoms with Gasteiger partial charge in [0.2, 0.25) is 0 Å². The molecule has 1 aliphatic heterocycles. The first-order valence-corrected chi connectivity index (χ1v) is 4.94. The van der Waals surface area contributed by atoms with Crippen LogP contribution in [0, 0.1) is 0 Å². The molecule has 0 aromatic carbocycles. The summed E-state index contributed by atoms with van der Waals surface area (Å²) in [6, 6.07) is 0. The monoisotopic (exact) mass is 195 g/mol. The molecule has 3 N–H and O–H groups in total. The van der Waals surface area contributed by atoms with E-state index in [2.05, 4.69) is 27.0 Å². The van der Waals surface area contributed by atoms with E-state index < -0.39 is 0 Å². The third-order valence-electron chi connectivity index (χ3n) is 2.74. The van der Waals surface area contributed by atoms with Gasteiger partial charge >= 0.3 is 0 Å². The summed E-state index contributed by atoms with van der Waals surface area (Å²) in [5, 5.41) is 6.67. The predicted octanol–water partition coefficient (Wildman–Crippen LogP) is -0.261. The number of piperazine rings is 1. The van der Waals surface area contributed by atoms with E-state index >= 15 is 0 Å². The minimum absolute atomic E-state index is 0.698. The maximum Gasteiger partial charge on any atom is 0.123 e. The van der Waals surface area contributed by atoms with Gasteiger partial charge in [-0.3, -0.25) is 10.00 Å². The van der Waals surface area contributed by atoms with E-state index in [9.17, 15) is 0 Å². The Morgan fingerprint density at radius 3 is 2.71 bits per heavy atom.